The first kappa shape index (κ1) is 14.6. The van der Waals surface area contributed by atoms with Gasteiger partial charge in [-0.2, -0.15) is 16.9 Å². The van der Waals surface area contributed by atoms with Gasteiger partial charge in [0.2, 0.25) is 0 Å². The molecule has 3 heterocycles. The minimum absolute atomic E-state index is 0.0749. The molecule has 0 aromatic carbocycles. The Kier molecular flexibility index (Phi) is 3.82. The van der Waals surface area contributed by atoms with E-state index in [9.17, 15) is 0 Å². The molecular weight excluding hydrogens is 282 g/mol. The summed E-state index contributed by atoms with van der Waals surface area (Å²) in [6.07, 6.45) is 3.13. The van der Waals surface area contributed by atoms with Crippen LogP contribution in [0.25, 0.3) is 11.0 Å². The Morgan fingerprint density at radius 2 is 1.95 bits per heavy atom. The Balaban J connectivity index is 2.12. The topological polar surface area (TPSA) is 46.8 Å². The van der Waals surface area contributed by atoms with E-state index in [0.717, 1.165) is 41.5 Å². The second-order valence-corrected chi connectivity index (χ2v) is 7.74. The van der Waals surface area contributed by atoms with Gasteiger partial charge in [-0.05, 0) is 39.9 Å². The highest BCUT2D eigenvalue weighted by atomic mass is 32.2. The quantitative estimate of drug-likeness (QED) is 0.811. The van der Waals surface area contributed by atoms with Gasteiger partial charge in [-0.15, -0.1) is 0 Å². The maximum Gasteiger partial charge on any atom is 0.164 e. The average Bonchev–Trinajstić information content (AvgIpc) is 2.66. The van der Waals surface area contributed by atoms with Gasteiger partial charge < -0.3 is 4.90 Å². The van der Waals surface area contributed by atoms with Crippen LogP contribution in [0.1, 0.15) is 33.0 Å². The molecule has 1 aliphatic heterocycles. The van der Waals surface area contributed by atoms with E-state index in [1.165, 1.54) is 12.2 Å². The van der Waals surface area contributed by atoms with Crippen molar-refractivity contribution in [2.45, 2.75) is 39.7 Å². The van der Waals surface area contributed by atoms with Crippen molar-refractivity contribution in [1.82, 2.24) is 19.7 Å². The van der Waals surface area contributed by atoms with E-state index in [4.69, 9.17) is 4.98 Å². The molecule has 0 N–H and O–H groups in total. The van der Waals surface area contributed by atoms with Crippen molar-refractivity contribution >= 4 is 28.6 Å². The van der Waals surface area contributed by atoms with Gasteiger partial charge >= 0.3 is 0 Å². The molecular formula is C15H23N5S. The average molecular weight is 305 g/mol. The molecule has 0 amide bonds. The number of aryl methyl sites for hydroxylation is 1. The van der Waals surface area contributed by atoms with Gasteiger partial charge in [0, 0.05) is 18.8 Å². The number of nitrogens with zero attached hydrogens (tertiary/aromatic N) is 5. The van der Waals surface area contributed by atoms with E-state index in [1.807, 2.05) is 29.6 Å². The summed E-state index contributed by atoms with van der Waals surface area (Å²) in [7, 11) is 0. The van der Waals surface area contributed by atoms with Crippen LogP contribution < -0.4 is 4.90 Å². The largest absolute Gasteiger partial charge is 0.355 e. The predicted molar refractivity (Wildman–Crippen MR) is 89.2 cm³/mol. The first-order valence-electron chi connectivity index (χ1n) is 7.52. The number of hydrogen-bond acceptors (Lipinski definition) is 5. The van der Waals surface area contributed by atoms with Crippen LogP contribution in [-0.4, -0.2) is 44.3 Å². The molecule has 21 heavy (non-hydrogen) atoms. The third-order valence-corrected chi connectivity index (χ3v) is 4.73. The first-order chi connectivity index (χ1) is 9.97. The molecule has 114 valence electrons. The van der Waals surface area contributed by atoms with Crippen LogP contribution >= 0.6 is 11.8 Å². The highest BCUT2D eigenvalue weighted by Gasteiger charge is 2.22. The SMILES string of the molecule is Cc1nc(N2CCCSCC2)c2cnn(C(C)(C)C)c2n1. The van der Waals surface area contributed by atoms with Crippen LogP contribution in [0.4, 0.5) is 5.82 Å². The van der Waals surface area contributed by atoms with Crippen LogP contribution in [0.15, 0.2) is 6.20 Å². The van der Waals surface area contributed by atoms with E-state index in [0.29, 0.717) is 0 Å². The van der Waals surface area contributed by atoms with Crippen molar-refractivity contribution in [3.63, 3.8) is 0 Å². The zero-order chi connectivity index (χ0) is 15.0. The Morgan fingerprint density at radius 3 is 2.71 bits per heavy atom. The number of aromatic nitrogens is 4. The molecule has 0 atom stereocenters. The van der Waals surface area contributed by atoms with Crippen molar-refractivity contribution in [3.8, 4) is 0 Å². The summed E-state index contributed by atoms with van der Waals surface area (Å²) in [5.41, 5.74) is 0.871. The summed E-state index contributed by atoms with van der Waals surface area (Å²) in [5.74, 6) is 4.28. The summed E-state index contributed by atoms with van der Waals surface area (Å²) < 4.78 is 2.01. The lowest BCUT2D eigenvalue weighted by atomic mass is 10.1. The smallest absolute Gasteiger partial charge is 0.164 e. The monoisotopic (exact) mass is 305 g/mol. The molecule has 2 aromatic rings. The van der Waals surface area contributed by atoms with E-state index >= 15 is 0 Å². The summed E-state index contributed by atoms with van der Waals surface area (Å²) in [4.78, 5) is 11.7. The zero-order valence-electron chi connectivity index (χ0n) is 13.3. The summed E-state index contributed by atoms with van der Waals surface area (Å²) in [5, 5.41) is 5.64. The Bertz CT molecular complexity index is 635. The van der Waals surface area contributed by atoms with E-state index < -0.39 is 0 Å². The number of thioether (sulfide) groups is 1. The predicted octanol–water partition coefficient (Wildman–Crippen LogP) is 2.83. The second kappa shape index (κ2) is 5.48. The van der Waals surface area contributed by atoms with E-state index in [-0.39, 0.29) is 5.54 Å². The minimum atomic E-state index is -0.0749. The summed E-state index contributed by atoms with van der Waals surface area (Å²) in [6.45, 7) is 10.5. The lowest BCUT2D eigenvalue weighted by Gasteiger charge is -2.23. The maximum absolute atomic E-state index is 4.71. The molecule has 5 nitrogen and oxygen atoms in total. The molecule has 1 fully saturated rings. The maximum atomic E-state index is 4.71. The molecule has 0 unspecified atom stereocenters. The Labute approximate surface area is 130 Å². The molecule has 0 radical (unpaired) electrons. The van der Waals surface area contributed by atoms with Crippen LogP contribution in [0, 0.1) is 6.92 Å². The number of hydrogen-bond donors (Lipinski definition) is 0. The van der Waals surface area contributed by atoms with Gasteiger partial charge in [0.1, 0.15) is 11.6 Å². The fourth-order valence-electron chi connectivity index (χ4n) is 2.69. The van der Waals surface area contributed by atoms with Crippen molar-refractivity contribution < 1.29 is 0 Å². The number of fused-ring (bicyclic) bond motifs is 1. The summed E-state index contributed by atoms with van der Waals surface area (Å²) >= 11 is 2.03. The van der Waals surface area contributed by atoms with E-state index in [2.05, 4.69) is 35.8 Å². The van der Waals surface area contributed by atoms with Gasteiger partial charge in [-0.3, -0.25) is 0 Å². The van der Waals surface area contributed by atoms with Crippen molar-refractivity contribution in [2.75, 3.05) is 29.5 Å². The fraction of sp³-hybridized carbons (Fsp3) is 0.667. The number of anilines is 1. The van der Waals surface area contributed by atoms with Gasteiger partial charge in [-0.25, -0.2) is 14.6 Å². The normalized spacial score (nSPS) is 17.2. The molecule has 3 rings (SSSR count). The number of rotatable bonds is 1. The summed E-state index contributed by atoms with van der Waals surface area (Å²) in [6, 6.07) is 0. The zero-order valence-corrected chi connectivity index (χ0v) is 14.1. The van der Waals surface area contributed by atoms with Crippen molar-refractivity contribution in [3.05, 3.63) is 12.0 Å². The molecule has 1 aliphatic rings. The molecule has 2 aromatic heterocycles. The molecule has 0 bridgehead atoms. The lowest BCUT2D eigenvalue weighted by Crippen LogP contribution is -2.27. The van der Waals surface area contributed by atoms with Gasteiger partial charge in [-0.1, -0.05) is 0 Å². The molecule has 0 spiro atoms. The van der Waals surface area contributed by atoms with Gasteiger partial charge in [0.25, 0.3) is 0 Å². The van der Waals surface area contributed by atoms with Crippen LogP contribution in [-0.2, 0) is 5.54 Å². The van der Waals surface area contributed by atoms with Crippen LogP contribution in [0.5, 0.6) is 0 Å². The van der Waals surface area contributed by atoms with E-state index in [1.54, 1.807) is 0 Å². The first-order valence-corrected chi connectivity index (χ1v) is 8.68. The van der Waals surface area contributed by atoms with Crippen LogP contribution in [0.3, 0.4) is 0 Å². The molecule has 1 saturated heterocycles. The second-order valence-electron chi connectivity index (χ2n) is 6.51. The minimum Gasteiger partial charge on any atom is -0.355 e. The standard InChI is InChI=1S/C15H23N5S/c1-11-17-13(19-6-5-8-21-9-7-19)12-10-16-20(14(12)18-11)15(2,3)4/h10H,5-9H2,1-4H3. The third kappa shape index (κ3) is 2.86. The van der Waals surface area contributed by atoms with Gasteiger partial charge in [0.05, 0.1) is 17.1 Å². The highest BCUT2D eigenvalue weighted by Crippen LogP contribution is 2.28. The highest BCUT2D eigenvalue weighted by molar-refractivity contribution is 7.99. The van der Waals surface area contributed by atoms with Gasteiger partial charge in [0.15, 0.2) is 5.65 Å². The fourth-order valence-corrected chi connectivity index (χ4v) is 3.58. The third-order valence-electron chi connectivity index (χ3n) is 3.68. The molecule has 0 saturated carbocycles. The van der Waals surface area contributed by atoms with Crippen LogP contribution in [0.2, 0.25) is 0 Å². The molecule has 0 aliphatic carbocycles. The lowest BCUT2D eigenvalue weighted by molar-refractivity contribution is 0.365. The molecule has 6 heteroatoms. The Morgan fingerprint density at radius 1 is 1.14 bits per heavy atom. The Hall–Kier alpha value is -1.30. The van der Waals surface area contributed by atoms with Crippen molar-refractivity contribution in [2.24, 2.45) is 0 Å². The van der Waals surface area contributed by atoms with Crippen molar-refractivity contribution in [1.29, 1.82) is 0 Å².